The summed E-state index contributed by atoms with van der Waals surface area (Å²) in [6.45, 7) is 6.98. The van der Waals surface area contributed by atoms with E-state index in [9.17, 15) is 13.2 Å². The molecule has 1 N–H and O–H groups in total. The number of aryl methyl sites for hydroxylation is 1. The van der Waals surface area contributed by atoms with Crippen molar-refractivity contribution in [3.05, 3.63) is 47.4 Å². The summed E-state index contributed by atoms with van der Waals surface area (Å²) in [5.74, 6) is 0.162. The molecular formula is C17H24N2O3S. The van der Waals surface area contributed by atoms with Crippen LogP contribution in [0.25, 0.3) is 0 Å². The van der Waals surface area contributed by atoms with Crippen LogP contribution in [0.4, 0.5) is 0 Å². The molecule has 1 fully saturated rings. The Bertz CT molecular complexity index is 653. The highest BCUT2D eigenvalue weighted by molar-refractivity contribution is 7.92. The first-order chi connectivity index (χ1) is 10.9. The van der Waals surface area contributed by atoms with Crippen molar-refractivity contribution in [1.29, 1.82) is 0 Å². The number of carbonyl (C=O) groups excluding carboxylic acids is 1. The van der Waals surface area contributed by atoms with Gasteiger partial charge in [-0.15, -0.1) is 0 Å². The second-order valence-electron chi connectivity index (χ2n) is 5.91. The summed E-state index contributed by atoms with van der Waals surface area (Å²) in [4.78, 5) is 14.3. The molecule has 0 spiro atoms. The van der Waals surface area contributed by atoms with Gasteiger partial charge in [-0.2, -0.15) is 0 Å². The van der Waals surface area contributed by atoms with Crippen molar-refractivity contribution in [1.82, 2.24) is 9.62 Å². The highest BCUT2D eigenvalue weighted by Gasteiger charge is 2.27. The number of hydrogen-bond acceptors (Lipinski definition) is 3. The van der Waals surface area contributed by atoms with Crippen LogP contribution in [-0.2, 0) is 16.4 Å². The van der Waals surface area contributed by atoms with E-state index >= 15 is 0 Å². The molecule has 1 aliphatic rings. The third-order valence-corrected chi connectivity index (χ3v) is 5.11. The molecule has 0 aromatic heterocycles. The van der Waals surface area contributed by atoms with E-state index in [0.717, 1.165) is 24.7 Å². The van der Waals surface area contributed by atoms with Gasteiger partial charge in [0.25, 0.3) is 5.91 Å². The predicted molar refractivity (Wildman–Crippen MR) is 91.6 cm³/mol. The fourth-order valence-electron chi connectivity index (χ4n) is 2.76. The number of hydrogen-bond donors (Lipinski definition) is 1. The minimum absolute atomic E-state index is 0.0159. The van der Waals surface area contributed by atoms with Crippen LogP contribution in [0.5, 0.6) is 0 Å². The van der Waals surface area contributed by atoms with Crippen LogP contribution in [0, 0.1) is 5.92 Å². The van der Waals surface area contributed by atoms with Crippen LogP contribution in [0.1, 0.15) is 35.7 Å². The maximum absolute atomic E-state index is 12.5. The number of amides is 1. The minimum atomic E-state index is -3.40. The monoisotopic (exact) mass is 336 g/mol. The lowest BCUT2D eigenvalue weighted by atomic mass is 10.1. The smallest absolute Gasteiger partial charge is 0.253 e. The van der Waals surface area contributed by atoms with Gasteiger partial charge in [0.2, 0.25) is 10.0 Å². The molecule has 126 valence electrons. The van der Waals surface area contributed by atoms with E-state index in [2.05, 4.69) is 18.2 Å². The number of carbonyl (C=O) groups is 1. The van der Waals surface area contributed by atoms with Gasteiger partial charge in [0.05, 0.1) is 0 Å². The van der Waals surface area contributed by atoms with Crippen LogP contribution < -0.4 is 4.72 Å². The lowest BCUT2D eigenvalue weighted by Gasteiger charge is -2.17. The standard InChI is InChI=1S/C17H24N2O3S/c1-3-5-14-6-8-16(9-7-14)17(20)19-11-10-15(13-19)12-18-23(21,22)4-2/h4,6-9,15,18H,2-3,5,10-13H2,1H3/t15-/m1/s1. The summed E-state index contributed by atoms with van der Waals surface area (Å²) < 4.78 is 25.2. The number of nitrogens with zero attached hydrogens (tertiary/aromatic N) is 1. The van der Waals surface area contributed by atoms with Gasteiger partial charge in [0.15, 0.2) is 0 Å². The topological polar surface area (TPSA) is 66.5 Å². The Morgan fingerprint density at radius 1 is 1.39 bits per heavy atom. The molecule has 0 unspecified atom stereocenters. The molecule has 1 aromatic rings. The highest BCUT2D eigenvalue weighted by atomic mass is 32.2. The van der Waals surface area contributed by atoms with Gasteiger partial charge in [-0.25, -0.2) is 13.1 Å². The van der Waals surface area contributed by atoms with Crippen molar-refractivity contribution in [3.8, 4) is 0 Å². The van der Waals surface area contributed by atoms with Gasteiger partial charge in [-0.05, 0) is 36.5 Å². The lowest BCUT2D eigenvalue weighted by Crippen LogP contribution is -2.32. The Hall–Kier alpha value is -1.66. The predicted octanol–water partition coefficient (Wildman–Crippen LogP) is 2.16. The maximum atomic E-state index is 12.5. The van der Waals surface area contributed by atoms with E-state index < -0.39 is 10.0 Å². The van der Waals surface area contributed by atoms with Gasteiger partial charge in [-0.3, -0.25) is 4.79 Å². The largest absolute Gasteiger partial charge is 0.338 e. The molecule has 6 heteroatoms. The average molecular weight is 336 g/mol. The van der Waals surface area contributed by atoms with E-state index in [1.807, 2.05) is 24.3 Å². The quantitative estimate of drug-likeness (QED) is 0.830. The lowest BCUT2D eigenvalue weighted by molar-refractivity contribution is 0.0787. The van der Waals surface area contributed by atoms with Gasteiger partial charge < -0.3 is 4.90 Å². The van der Waals surface area contributed by atoms with Crippen molar-refractivity contribution in [3.63, 3.8) is 0 Å². The third-order valence-electron chi connectivity index (χ3n) is 4.11. The Balaban J connectivity index is 1.90. The number of nitrogens with one attached hydrogen (secondary N) is 1. The second kappa shape index (κ2) is 7.75. The SMILES string of the molecule is C=CS(=O)(=O)NC[C@H]1CCN(C(=O)c2ccc(CCC)cc2)C1. The van der Waals surface area contributed by atoms with Gasteiger partial charge in [0.1, 0.15) is 0 Å². The molecular weight excluding hydrogens is 312 g/mol. The molecule has 0 aliphatic carbocycles. The van der Waals surface area contributed by atoms with Gasteiger partial charge >= 0.3 is 0 Å². The van der Waals surface area contributed by atoms with E-state index in [-0.39, 0.29) is 11.8 Å². The molecule has 0 radical (unpaired) electrons. The van der Waals surface area contributed by atoms with E-state index in [1.54, 1.807) is 4.90 Å². The van der Waals surface area contributed by atoms with Crippen molar-refractivity contribution in [2.24, 2.45) is 5.92 Å². The maximum Gasteiger partial charge on any atom is 0.253 e. The van der Waals surface area contributed by atoms with Crippen LogP contribution >= 0.6 is 0 Å². The zero-order chi connectivity index (χ0) is 16.9. The molecule has 1 aliphatic heterocycles. The average Bonchev–Trinajstić information content (AvgIpc) is 3.02. The molecule has 5 nitrogen and oxygen atoms in total. The van der Waals surface area contributed by atoms with Gasteiger partial charge in [-0.1, -0.05) is 32.1 Å². The summed E-state index contributed by atoms with van der Waals surface area (Å²) in [5, 5.41) is 0.905. The third kappa shape index (κ3) is 4.91. The zero-order valence-electron chi connectivity index (χ0n) is 13.5. The first-order valence-corrected chi connectivity index (χ1v) is 9.50. The Morgan fingerprint density at radius 3 is 2.70 bits per heavy atom. The summed E-state index contributed by atoms with van der Waals surface area (Å²) in [6, 6.07) is 7.76. The normalized spacial score (nSPS) is 18.1. The van der Waals surface area contributed by atoms with E-state index in [4.69, 9.17) is 0 Å². The molecule has 23 heavy (non-hydrogen) atoms. The molecule has 0 bridgehead atoms. The number of sulfonamides is 1. The summed E-state index contributed by atoms with van der Waals surface area (Å²) >= 11 is 0. The number of likely N-dealkylation sites (tertiary alicyclic amines) is 1. The Morgan fingerprint density at radius 2 is 2.09 bits per heavy atom. The summed E-state index contributed by atoms with van der Waals surface area (Å²) in [5.41, 5.74) is 1.93. The molecule has 1 heterocycles. The highest BCUT2D eigenvalue weighted by Crippen LogP contribution is 2.19. The number of benzene rings is 1. The summed E-state index contributed by atoms with van der Waals surface area (Å²) in [7, 11) is -3.40. The zero-order valence-corrected chi connectivity index (χ0v) is 14.3. The van der Waals surface area contributed by atoms with Crippen molar-refractivity contribution in [2.45, 2.75) is 26.2 Å². The molecule has 1 atom stereocenters. The van der Waals surface area contributed by atoms with E-state index in [0.29, 0.717) is 25.2 Å². The molecule has 1 aromatic carbocycles. The fourth-order valence-corrected chi connectivity index (χ4v) is 3.35. The molecule has 1 amide bonds. The first kappa shape index (κ1) is 17.7. The van der Waals surface area contributed by atoms with Crippen LogP contribution in [0.3, 0.4) is 0 Å². The fraction of sp³-hybridized carbons (Fsp3) is 0.471. The van der Waals surface area contributed by atoms with Crippen LogP contribution in [-0.4, -0.2) is 38.9 Å². The Kier molecular flexibility index (Phi) is 5.96. The van der Waals surface area contributed by atoms with Gasteiger partial charge in [0, 0.05) is 30.6 Å². The van der Waals surface area contributed by atoms with Crippen LogP contribution in [0.2, 0.25) is 0 Å². The minimum Gasteiger partial charge on any atom is -0.338 e. The summed E-state index contributed by atoms with van der Waals surface area (Å²) in [6.07, 6.45) is 2.91. The van der Waals surface area contributed by atoms with Crippen LogP contribution in [0.15, 0.2) is 36.3 Å². The van der Waals surface area contributed by atoms with Crippen molar-refractivity contribution >= 4 is 15.9 Å². The first-order valence-electron chi connectivity index (χ1n) is 7.95. The molecule has 2 rings (SSSR count). The van der Waals surface area contributed by atoms with Crippen molar-refractivity contribution < 1.29 is 13.2 Å². The Labute approximate surface area is 138 Å². The second-order valence-corrected chi connectivity index (χ2v) is 7.62. The van der Waals surface area contributed by atoms with E-state index in [1.165, 1.54) is 5.56 Å². The van der Waals surface area contributed by atoms with Crippen molar-refractivity contribution in [2.75, 3.05) is 19.6 Å². The molecule has 0 saturated carbocycles. The molecule has 1 saturated heterocycles. The number of rotatable bonds is 7.